The van der Waals surface area contributed by atoms with E-state index in [1.807, 2.05) is 12.1 Å². The van der Waals surface area contributed by atoms with E-state index in [-0.39, 0.29) is 25.7 Å². The minimum absolute atomic E-state index is 0.156. The number of aliphatic hydroxyl groups is 1. The number of rotatable bonds is 8. The molecule has 37 heavy (non-hydrogen) atoms. The van der Waals surface area contributed by atoms with E-state index in [1.54, 1.807) is 6.08 Å². The second-order valence-corrected chi connectivity index (χ2v) is 9.77. The van der Waals surface area contributed by atoms with Gasteiger partial charge in [0, 0.05) is 20.1 Å². The Morgan fingerprint density at radius 1 is 1.16 bits per heavy atom. The highest BCUT2D eigenvalue weighted by atomic mass is 16.7. The predicted octanol–water partition coefficient (Wildman–Crippen LogP) is 1.84. The highest BCUT2D eigenvalue weighted by Gasteiger charge is 2.59. The minimum atomic E-state index is -2.52. The van der Waals surface area contributed by atoms with Crippen LogP contribution in [0.2, 0.25) is 0 Å². The summed E-state index contributed by atoms with van der Waals surface area (Å²) < 4.78 is 32.8. The third kappa shape index (κ3) is 4.17. The fourth-order valence-electron chi connectivity index (χ4n) is 6.14. The van der Waals surface area contributed by atoms with Gasteiger partial charge in [-0.05, 0) is 55.1 Å². The lowest BCUT2D eigenvalue weighted by atomic mass is 9.77. The zero-order chi connectivity index (χ0) is 26.2. The first-order valence-electron chi connectivity index (χ1n) is 12.5. The molecule has 200 valence electrons. The molecule has 10 nitrogen and oxygen atoms in total. The molecule has 3 aliphatic heterocycles. The maximum Gasteiger partial charge on any atom is 0.351 e. The number of carbonyl (C=O) groups excluding carboxylic acids is 2. The summed E-state index contributed by atoms with van der Waals surface area (Å²) in [6.07, 6.45) is 6.61. The van der Waals surface area contributed by atoms with Crippen molar-refractivity contribution in [2.24, 2.45) is 0 Å². The van der Waals surface area contributed by atoms with Crippen molar-refractivity contribution in [3.63, 3.8) is 0 Å². The molecule has 4 atom stereocenters. The summed E-state index contributed by atoms with van der Waals surface area (Å²) >= 11 is 0. The van der Waals surface area contributed by atoms with Gasteiger partial charge in [0.2, 0.25) is 6.79 Å². The van der Waals surface area contributed by atoms with Crippen molar-refractivity contribution >= 4 is 11.9 Å². The Bertz CT molecular complexity index is 1130. The lowest BCUT2D eigenvalue weighted by Crippen LogP contribution is -2.51. The van der Waals surface area contributed by atoms with Gasteiger partial charge in [-0.1, -0.05) is 12.2 Å². The average molecular weight is 516 g/mol. The molecule has 0 unspecified atom stereocenters. The van der Waals surface area contributed by atoms with Gasteiger partial charge in [-0.3, -0.25) is 4.90 Å². The van der Waals surface area contributed by atoms with Gasteiger partial charge in [-0.2, -0.15) is 0 Å². The molecule has 0 amide bonds. The van der Waals surface area contributed by atoms with Crippen LogP contribution in [-0.4, -0.2) is 87.0 Å². The topological polar surface area (TPSA) is 113 Å². The van der Waals surface area contributed by atoms with E-state index in [2.05, 4.69) is 11.0 Å². The fraction of sp³-hybridized carbons (Fsp3) is 0.556. The summed E-state index contributed by atoms with van der Waals surface area (Å²) in [6.45, 7) is 2.15. The zero-order valence-corrected chi connectivity index (χ0v) is 21.4. The summed E-state index contributed by atoms with van der Waals surface area (Å²) in [7, 11) is 4.17. The first-order valence-corrected chi connectivity index (χ1v) is 12.5. The largest absolute Gasteiger partial charge is 0.497 e. The molecular formula is C27H33NO9. The van der Waals surface area contributed by atoms with E-state index in [4.69, 9.17) is 28.4 Å². The highest BCUT2D eigenvalue weighted by molar-refractivity contribution is 6.03. The summed E-state index contributed by atoms with van der Waals surface area (Å²) in [5.74, 6) is -0.690. The van der Waals surface area contributed by atoms with E-state index < -0.39 is 29.2 Å². The summed E-state index contributed by atoms with van der Waals surface area (Å²) in [5.41, 5.74) is -0.889. The van der Waals surface area contributed by atoms with E-state index >= 15 is 0 Å². The lowest BCUT2D eigenvalue weighted by molar-refractivity contribution is -0.185. The molecule has 1 aliphatic carbocycles. The standard InChI is InChI=1S/C27H33NO9/c1-32-12-5-4-9-27(31,24(29)34-3)25(30)37-23-21(33-2)15-26-8-6-10-28(26)11-7-17-13-19-20(36-16-35-19)14-18(17)22(23)26/h4-5,13-15,22-23,31H,6-12,16H2,1-3H3/b5-4+/t22-,23-,26+,27-/m1/s1. The second-order valence-electron chi connectivity index (χ2n) is 9.77. The van der Waals surface area contributed by atoms with Crippen LogP contribution in [0.3, 0.4) is 0 Å². The van der Waals surface area contributed by atoms with Gasteiger partial charge in [0.15, 0.2) is 17.6 Å². The molecule has 1 aromatic carbocycles. The van der Waals surface area contributed by atoms with Crippen LogP contribution >= 0.6 is 0 Å². The Morgan fingerprint density at radius 3 is 2.68 bits per heavy atom. The lowest BCUT2D eigenvalue weighted by Gasteiger charge is -2.39. The normalized spacial score (nSPS) is 27.5. The van der Waals surface area contributed by atoms with Crippen LogP contribution in [0.15, 0.2) is 36.1 Å². The molecule has 0 aromatic heterocycles. The van der Waals surface area contributed by atoms with Crippen LogP contribution in [0.4, 0.5) is 0 Å². The molecule has 0 bridgehead atoms. The molecule has 1 N–H and O–H groups in total. The van der Waals surface area contributed by atoms with Crippen LogP contribution in [0, 0.1) is 0 Å². The molecule has 1 saturated heterocycles. The molecule has 1 fully saturated rings. The number of methoxy groups -OCH3 is 3. The maximum atomic E-state index is 13.5. The van der Waals surface area contributed by atoms with Gasteiger partial charge in [-0.15, -0.1) is 0 Å². The first kappa shape index (κ1) is 25.6. The summed E-state index contributed by atoms with van der Waals surface area (Å²) in [5, 5.41) is 11.2. The molecule has 1 spiro atoms. The van der Waals surface area contributed by atoms with Crippen molar-refractivity contribution in [3.8, 4) is 11.5 Å². The first-order chi connectivity index (χ1) is 17.9. The number of fused-ring (bicyclic) bond motifs is 3. The smallest absolute Gasteiger partial charge is 0.351 e. The Balaban J connectivity index is 1.54. The third-order valence-electron chi connectivity index (χ3n) is 7.90. The van der Waals surface area contributed by atoms with Gasteiger partial charge in [0.05, 0.1) is 32.3 Å². The zero-order valence-electron chi connectivity index (χ0n) is 21.4. The Labute approximate surface area is 215 Å². The monoisotopic (exact) mass is 515 g/mol. The molecule has 10 heteroatoms. The molecule has 3 heterocycles. The van der Waals surface area contributed by atoms with Crippen LogP contribution in [0.25, 0.3) is 0 Å². The number of esters is 2. The van der Waals surface area contributed by atoms with Crippen molar-refractivity contribution < 1.29 is 43.1 Å². The Kier molecular flexibility index (Phi) is 6.91. The van der Waals surface area contributed by atoms with E-state index in [0.717, 1.165) is 50.6 Å². The van der Waals surface area contributed by atoms with Gasteiger partial charge >= 0.3 is 11.9 Å². The van der Waals surface area contributed by atoms with Gasteiger partial charge < -0.3 is 33.5 Å². The van der Waals surface area contributed by atoms with E-state index in [0.29, 0.717) is 17.3 Å². The number of hydrogen-bond acceptors (Lipinski definition) is 10. The summed E-state index contributed by atoms with van der Waals surface area (Å²) in [6, 6.07) is 3.97. The molecule has 0 saturated carbocycles. The molecule has 1 aromatic rings. The molecular weight excluding hydrogens is 482 g/mol. The number of hydrogen-bond donors (Lipinski definition) is 1. The van der Waals surface area contributed by atoms with Crippen LogP contribution in [0.1, 0.15) is 36.3 Å². The number of ether oxygens (including phenoxy) is 6. The van der Waals surface area contributed by atoms with Crippen LogP contribution in [0.5, 0.6) is 11.5 Å². The average Bonchev–Trinajstić information content (AvgIpc) is 3.59. The SMILES string of the molecule is COC/C=C/C[C@@](O)(C(=O)OC)C(=O)O[C@@H]1C(OC)=C[C@]23CCCN2CCc2cc4c(cc2[C@H]13)OCO4. The maximum absolute atomic E-state index is 13.5. The Hall–Kier alpha value is -3.08. The minimum Gasteiger partial charge on any atom is -0.497 e. The quantitative estimate of drug-likeness (QED) is 0.313. The van der Waals surface area contributed by atoms with Gasteiger partial charge in [0.25, 0.3) is 5.60 Å². The van der Waals surface area contributed by atoms with Crippen molar-refractivity contribution in [3.05, 3.63) is 47.2 Å². The van der Waals surface area contributed by atoms with E-state index in [9.17, 15) is 14.7 Å². The second kappa shape index (κ2) is 10.00. The molecule has 0 radical (unpaired) electrons. The van der Waals surface area contributed by atoms with Crippen molar-refractivity contribution in [2.75, 3.05) is 47.8 Å². The number of carbonyl (C=O) groups is 2. The van der Waals surface area contributed by atoms with Crippen LogP contribution in [-0.2, 0) is 35.0 Å². The molecule has 5 rings (SSSR count). The highest BCUT2D eigenvalue weighted by Crippen LogP contribution is 2.55. The van der Waals surface area contributed by atoms with Gasteiger partial charge in [-0.25, -0.2) is 9.59 Å². The number of nitrogens with zero attached hydrogens (tertiary/aromatic N) is 1. The van der Waals surface area contributed by atoms with Crippen LogP contribution < -0.4 is 9.47 Å². The number of benzene rings is 1. The van der Waals surface area contributed by atoms with E-state index in [1.165, 1.54) is 20.3 Å². The molecule has 4 aliphatic rings. The van der Waals surface area contributed by atoms with Gasteiger partial charge in [0.1, 0.15) is 5.76 Å². The third-order valence-corrected chi connectivity index (χ3v) is 7.90. The summed E-state index contributed by atoms with van der Waals surface area (Å²) in [4.78, 5) is 28.5. The fourth-order valence-corrected chi connectivity index (χ4v) is 6.14. The van der Waals surface area contributed by atoms with Crippen molar-refractivity contribution in [2.45, 2.75) is 48.8 Å². The van der Waals surface area contributed by atoms with Crippen molar-refractivity contribution in [1.82, 2.24) is 4.90 Å². The van der Waals surface area contributed by atoms with Crippen molar-refractivity contribution in [1.29, 1.82) is 0 Å². The predicted molar refractivity (Wildman–Crippen MR) is 130 cm³/mol. The Morgan fingerprint density at radius 2 is 1.95 bits per heavy atom.